The van der Waals surface area contributed by atoms with Crippen LogP contribution < -0.4 is 5.32 Å². The molecule has 1 amide bonds. The van der Waals surface area contributed by atoms with E-state index >= 15 is 0 Å². The second-order valence-electron chi connectivity index (χ2n) is 2.30. The maximum absolute atomic E-state index is 11.2. The summed E-state index contributed by atoms with van der Waals surface area (Å²) < 4.78 is 0. The summed E-state index contributed by atoms with van der Waals surface area (Å²) in [4.78, 5) is 11.9. The third-order valence-electron chi connectivity index (χ3n) is 1.29. The predicted molar refractivity (Wildman–Crippen MR) is 46.9 cm³/mol. The van der Waals surface area contributed by atoms with Gasteiger partial charge in [-0.2, -0.15) is 5.26 Å². The topological polar surface area (TPSA) is 52.9 Å². The van der Waals surface area contributed by atoms with Gasteiger partial charge in [-0.25, -0.2) is 0 Å². The van der Waals surface area contributed by atoms with E-state index in [1.54, 1.807) is 19.1 Å². The number of nitrogens with one attached hydrogen (secondary N) is 1. The van der Waals surface area contributed by atoms with Gasteiger partial charge in [-0.05, 0) is 18.4 Å². The molecule has 12 heavy (non-hydrogen) atoms. The summed E-state index contributed by atoms with van der Waals surface area (Å²) in [6.07, 6.45) is 0. The molecule has 0 spiro atoms. The molecule has 0 fully saturated rings. The standard InChI is InChI=1S/C8H8N2OS/c1-6(5-9)10-8(11)7-3-2-4-12-7/h2-4,6H,1H3,(H,10,11)/t6-/m1/s1. The fourth-order valence-corrected chi connectivity index (χ4v) is 1.33. The Morgan fingerprint density at radius 1 is 1.83 bits per heavy atom. The Balaban J connectivity index is 2.57. The van der Waals surface area contributed by atoms with E-state index < -0.39 is 6.04 Å². The van der Waals surface area contributed by atoms with Crippen LogP contribution in [0.15, 0.2) is 17.5 Å². The van der Waals surface area contributed by atoms with Gasteiger partial charge in [-0.15, -0.1) is 11.3 Å². The zero-order chi connectivity index (χ0) is 8.97. The van der Waals surface area contributed by atoms with Crippen LogP contribution in [-0.4, -0.2) is 11.9 Å². The highest BCUT2D eigenvalue weighted by atomic mass is 32.1. The van der Waals surface area contributed by atoms with Crippen LogP contribution >= 0.6 is 11.3 Å². The van der Waals surface area contributed by atoms with Gasteiger partial charge in [0.2, 0.25) is 0 Å². The number of rotatable bonds is 2. The fraction of sp³-hybridized carbons (Fsp3) is 0.250. The number of carbonyl (C=O) groups is 1. The highest BCUT2D eigenvalue weighted by molar-refractivity contribution is 7.12. The van der Waals surface area contributed by atoms with E-state index in [1.165, 1.54) is 11.3 Å². The van der Waals surface area contributed by atoms with Gasteiger partial charge in [0.15, 0.2) is 0 Å². The van der Waals surface area contributed by atoms with E-state index in [1.807, 2.05) is 11.4 Å². The van der Waals surface area contributed by atoms with Crippen LogP contribution in [-0.2, 0) is 0 Å². The van der Waals surface area contributed by atoms with E-state index in [2.05, 4.69) is 5.32 Å². The molecule has 1 aromatic heterocycles. The van der Waals surface area contributed by atoms with Gasteiger partial charge in [0.05, 0.1) is 10.9 Å². The van der Waals surface area contributed by atoms with E-state index in [-0.39, 0.29) is 5.91 Å². The Bertz CT molecular complexity index is 299. The van der Waals surface area contributed by atoms with E-state index in [4.69, 9.17) is 5.26 Å². The molecule has 0 unspecified atom stereocenters. The maximum atomic E-state index is 11.2. The zero-order valence-corrected chi connectivity index (χ0v) is 7.39. The van der Waals surface area contributed by atoms with Crippen molar-refractivity contribution in [3.8, 4) is 6.07 Å². The van der Waals surface area contributed by atoms with Gasteiger partial charge in [-0.3, -0.25) is 4.79 Å². The first-order valence-electron chi connectivity index (χ1n) is 3.48. The van der Waals surface area contributed by atoms with Crippen LogP contribution in [0.4, 0.5) is 0 Å². The smallest absolute Gasteiger partial charge is 0.262 e. The van der Waals surface area contributed by atoms with Crippen molar-refractivity contribution in [3.63, 3.8) is 0 Å². The lowest BCUT2D eigenvalue weighted by Gasteiger charge is -2.02. The van der Waals surface area contributed by atoms with Gasteiger partial charge in [0.25, 0.3) is 5.91 Å². The van der Waals surface area contributed by atoms with Crippen molar-refractivity contribution < 1.29 is 4.79 Å². The molecule has 1 heterocycles. The number of nitrogens with zero attached hydrogens (tertiary/aromatic N) is 1. The van der Waals surface area contributed by atoms with Crippen molar-refractivity contribution in [2.45, 2.75) is 13.0 Å². The molecule has 0 bridgehead atoms. The average Bonchev–Trinajstić information content (AvgIpc) is 2.56. The third kappa shape index (κ3) is 2.07. The maximum Gasteiger partial charge on any atom is 0.262 e. The summed E-state index contributed by atoms with van der Waals surface area (Å²) >= 11 is 1.36. The summed E-state index contributed by atoms with van der Waals surface area (Å²) in [5.74, 6) is -0.181. The molecule has 0 saturated carbocycles. The van der Waals surface area contributed by atoms with Gasteiger partial charge >= 0.3 is 0 Å². The highest BCUT2D eigenvalue weighted by Crippen LogP contribution is 2.07. The number of carbonyl (C=O) groups excluding carboxylic acids is 1. The summed E-state index contributed by atoms with van der Waals surface area (Å²) in [6, 6.07) is 5.03. The van der Waals surface area contributed by atoms with Crippen molar-refractivity contribution in [3.05, 3.63) is 22.4 Å². The normalized spacial score (nSPS) is 11.7. The molecular formula is C8H8N2OS. The minimum Gasteiger partial charge on any atom is -0.336 e. The average molecular weight is 180 g/mol. The highest BCUT2D eigenvalue weighted by Gasteiger charge is 2.08. The Labute approximate surface area is 74.6 Å². The summed E-state index contributed by atoms with van der Waals surface area (Å²) in [6.45, 7) is 1.64. The summed E-state index contributed by atoms with van der Waals surface area (Å²) in [5, 5.41) is 12.8. The quantitative estimate of drug-likeness (QED) is 0.747. The molecule has 0 aliphatic heterocycles. The zero-order valence-electron chi connectivity index (χ0n) is 6.57. The SMILES string of the molecule is C[C@H](C#N)NC(=O)c1cccs1. The minimum absolute atomic E-state index is 0.181. The van der Waals surface area contributed by atoms with Crippen molar-refractivity contribution in [2.75, 3.05) is 0 Å². The Kier molecular flexibility index (Phi) is 2.83. The molecule has 0 aromatic carbocycles. The first-order valence-corrected chi connectivity index (χ1v) is 4.36. The molecule has 1 N–H and O–H groups in total. The molecule has 0 saturated heterocycles. The molecule has 0 radical (unpaired) electrons. The van der Waals surface area contributed by atoms with Crippen LogP contribution in [0.2, 0.25) is 0 Å². The van der Waals surface area contributed by atoms with E-state index in [0.717, 1.165) is 0 Å². The lowest BCUT2D eigenvalue weighted by atomic mass is 10.3. The Morgan fingerprint density at radius 3 is 3.08 bits per heavy atom. The van der Waals surface area contributed by atoms with Crippen LogP contribution in [0.3, 0.4) is 0 Å². The molecule has 3 nitrogen and oxygen atoms in total. The van der Waals surface area contributed by atoms with Crippen molar-refractivity contribution in [2.24, 2.45) is 0 Å². The van der Waals surface area contributed by atoms with Gasteiger partial charge < -0.3 is 5.32 Å². The van der Waals surface area contributed by atoms with Gasteiger partial charge in [0, 0.05) is 0 Å². The number of thiophene rings is 1. The lowest BCUT2D eigenvalue weighted by molar-refractivity contribution is 0.0952. The molecule has 1 rings (SSSR count). The number of amides is 1. The first-order chi connectivity index (χ1) is 5.74. The lowest BCUT2D eigenvalue weighted by Crippen LogP contribution is -2.30. The monoisotopic (exact) mass is 180 g/mol. The molecule has 0 aliphatic carbocycles. The van der Waals surface area contributed by atoms with Crippen LogP contribution in [0, 0.1) is 11.3 Å². The summed E-state index contributed by atoms with van der Waals surface area (Å²) in [7, 11) is 0. The molecule has 1 aromatic rings. The van der Waals surface area contributed by atoms with Gasteiger partial charge in [-0.1, -0.05) is 6.07 Å². The van der Waals surface area contributed by atoms with E-state index in [0.29, 0.717) is 4.88 Å². The number of nitriles is 1. The van der Waals surface area contributed by atoms with Crippen molar-refractivity contribution in [1.82, 2.24) is 5.32 Å². The largest absolute Gasteiger partial charge is 0.336 e. The van der Waals surface area contributed by atoms with E-state index in [9.17, 15) is 4.79 Å². The molecule has 62 valence electrons. The molecule has 0 aliphatic rings. The molecule has 4 heteroatoms. The molecule has 1 atom stereocenters. The third-order valence-corrected chi connectivity index (χ3v) is 2.15. The fourth-order valence-electron chi connectivity index (χ4n) is 0.708. The number of hydrogen-bond donors (Lipinski definition) is 1. The minimum atomic E-state index is -0.431. The van der Waals surface area contributed by atoms with Crippen LogP contribution in [0.25, 0.3) is 0 Å². The summed E-state index contributed by atoms with van der Waals surface area (Å²) in [5.41, 5.74) is 0. The Hall–Kier alpha value is -1.34. The van der Waals surface area contributed by atoms with Gasteiger partial charge in [0.1, 0.15) is 6.04 Å². The predicted octanol–water partition coefficient (Wildman–Crippen LogP) is 1.39. The first kappa shape index (κ1) is 8.75. The van der Waals surface area contributed by atoms with Crippen molar-refractivity contribution in [1.29, 1.82) is 5.26 Å². The second kappa shape index (κ2) is 3.88. The van der Waals surface area contributed by atoms with Crippen molar-refractivity contribution >= 4 is 17.2 Å². The second-order valence-corrected chi connectivity index (χ2v) is 3.25. The van der Waals surface area contributed by atoms with Crippen LogP contribution in [0.1, 0.15) is 16.6 Å². The van der Waals surface area contributed by atoms with Crippen LogP contribution in [0.5, 0.6) is 0 Å². The Morgan fingerprint density at radius 2 is 2.58 bits per heavy atom. The molecular weight excluding hydrogens is 172 g/mol. The number of hydrogen-bond acceptors (Lipinski definition) is 3.